The molecule has 2 rings (SSSR count). The number of carbonyl (C=O) groups is 2. The lowest BCUT2D eigenvalue weighted by Crippen LogP contribution is -2.43. The van der Waals surface area contributed by atoms with Gasteiger partial charge >= 0.3 is 5.97 Å². The quantitative estimate of drug-likeness (QED) is 0.790. The molecular formula is C16H21N5O3. The normalized spacial score (nSPS) is 12.5. The number of hydrogen-bond acceptors (Lipinski definition) is 6. The highest BCUT2D eigenvalue weighted by molar-refractivity contribution is 5.82. The van der Waals surface area contributed by atoms with Crippen molar-refractivity contribution in [2.45, 2.75) is 38.8 Å². The van der Waals surface area contributed by atoms with E-state index in [1.165, 1.54) is 11.0 Å². The molecule has 1 aromatic heterocycles. The van der Waals surface area contributed by atoms with E-state index in [4.69, 9.17) is 4.74 Å². The molecule has 0 aliphatic rings. The van der Waals surface area contributed by atoms with Crippen LogP contribution in [0.15, 0.2) is 36.7 Å². The maximum Gasteiger partial charge on any atom is 0.331 e. The summed E-state index contributed by atoms with van der Waals surface area (Å²) >= 11 is 0. The van der Waals surface area contributed by atoms with Gasteiger partial charge < -0.3 is 10.1 Å². The van der Waals surface area contributed by atoms with Crippen LogP contribution in [0.1, 0.15) is 32.4 Å². The van der Waals surface area contributed by atoms with Crippen molar-refractivity contribution in [1.82, 2.24) is 25.5 Å². The number of rotatable bonds is 6. The molecule has 1 atom stereocenters. The third-order valence-corrected chi connectivity index (χ3v) is 3.09. The number of carbonyl (C=O) groups excluding carboxylic acids is 2. The second-order valence-electron chi connectivity index (χ2n) is 6.40. The number of hydrogen-bond donors (Lipinski definition) is 1. The smallest absolute Gasteiger partial charge is 0.331 e. The zero-order chi connectivity index (χ0) is 17.6. The Bertz CT molecular complexity index is 665. The topological polar surface area (TPSA) is 99.0 Å². The van der Waals surface area contributed by atoms with Gasteiger partial charge in [0, 0.05) is 12.0 Å². The Morgan fingerprint density at radius 3 is 2.54 bits per heavy atom. The van der Waals surface area contributed by atoms with Crippen molar-refractivity contribution in [3.05, 3.63) is 42.2 Å². The Labute approximate surface area is 140 Å². The number of ether oxygens (including phenoxy) is 1. The second kappa shape index (κ2) is 7.67. The lowest BCUT2D eigenvalue weighted by molar-refractivity contribution is -0.152. The van der Waals surface area contributed by atoms with Crippen molar-refractivity contribution >= 4 is 11.9 Å². The maximum absolute atomic E-state index is 12.4. The Kier molecular flexibility index (Phi) is 5.62. The maximum atomic E-state index is 12.4. The van der Waals surface area contributed by atoms with Gasteiger partial charge in [-0.2, -0.15) is 0 Å². The van der Waals surface area contributed by atoms with Crippen LogP contribution < -0.4 is 5.32 Å². The van der Waals surface area contributed by atoms with E-state index in [1.807, 2.05) is 51.1 Å². The summed E-state index contributed by atoms with van der Waals surface area (Å²) in [5.74, 6) is -0.916. The summed E-state index contributed by atoms with van der Waals surface area (Å²) in [6.07, 6.45) is 1.72. The number of nitrogens with zero attached hydrogens (tertiary/aromatic N) is 4. The summed E-state index contributed by atoms with van der Waals surface area (Å²) in [5.41, 5.74) is 0.553. The first-order chi connectivity index (χ1) is 11.3. The Balaban J connectivity index is 2.02. The van der Waals surface area contributed by atoms with Crippen molar-refractivity contribution in [3.8, 4) is 0 Å². The molecule has 1 N–H and O–H groups in total. The molecule has 24 heavy (non-hydrogen) atoms. The number of nitrogens with one attached hydrogen (secondary N) is 1. The van der Waals surface area contributed by atoms with Gasteiger partial charge in [0.25, 0.3) is 5.91 Å². The molecule has 0 bridgehead atoms. The highest BCUT2D eigenvalue weighted by Crippen LogP contribution is 2.14. The molecule has 0 saturated carbocycles. The first-order valence-electron chi connectivity index (χ1n) is 7.59. The predicted molar refractivity (Wildman–Crippen MR) is 85.9 cm³/mol. The fourth-order valence-corrected chi connectivity index (χ4v) is 2.12. The van der Waals surface area contributed by atoms with Crippen LogP contribution in [0.4, 0.5) is 0 Å². The predicted octanol–water partition coefficient (Wildman–Crippen LogP) is 0.915. The van der Waals surface area contributed by atoms with E-state index in [2.05, 4.69) is 20.8 Å². The lowest BCUT2D eigenvalue weighted by atomic mass is 10.1. The van der Waals surface area contributed by atoms with Gasteiger partial charge in [-0.25, -0.2) is 9.48 Å². The Morgan fingerprint density at radius 1 is 1.25 bits per heavy atom. The van der Waals surface area contributed by atoms with Crippen molar-refractivity contribution in [3.63, 3.8) is 0 Å². The van der Waals surface area contributed by atoms with Crippen LogP contribution in [0.25, 0.3) is 0 Å². The van der Waals surface area contributed by atoms with Gasteiger partial charge in [0.2, 0.25) is 0 Å². The first kappa shape index (κ1) is 17.6. The van der Waals surface area contributed by atoms with E-state index < -0.39 is 12.0 Å². The molecule has 128 valence electrons. The third kappa shape index (κ3) is 5.45. The molecule has 0 fully saturated rings. The Morgan fingerprint density at radius 2 is 1.96 bits per heavy atom. The second-order valence-corrected chi connectivity index (χ2v) is 6.40. The van der Waals surface area contributed by atoms with Crippen LogP contribution in [0.5, 0.6) is 0 Å². The highest BCUT2D eigenvalue weighted by atomic mass is 16.5. The molecule has 1 aromatic carbocycles. The largest absolute Gasteiger partial charge is 0.454 e. The van der Waals surface area contributed by atoms with Crippen LogP contribution in [0.3, 0.4) is 0 Å². The molecule has 0 aliphatic heterocycles. The third-order valence-electron chi connectivity index (χ3n) is 3.09. The van der Waals surface area contributed by atoms with Crippen LogP contribution >= 0.6 is 0 Å². The van der Waals surface area contributed by atoms with Crippen LogP contribution in [0, 0.1) is 0 Å². The molecule has 0 aliphatic carbocycles. The van der Waals surface area contributed by atoms with Crippen LogP contribution in [-0.2, 0) is 20.7 Å². The number of esters is 1. The van der Waals surface area contributed by atoms with Gasteiger partial charge in [-0.3, -0.25) is 4.79 Å². The molecule has 8 nitrogen and oxygen atoms in total. The standard InChI is InChI=1S/C16H21N5O3/c1-16(2,3)18-14(22)10-24-15(23)13(21-11-17-19-20-21)9-12-7-5-4-6-8-12/h4-8,11,13H,9-10H2,1-3H3,(H,18,22)/t13-/m1/s1. The van der Waals surface area contributed by atoms with Crippen molar-refractivity contribution in [1.29, 1.82) is 0 Å². The summed E-state index contributed by atoms with van der Waals surface area (Å²) in [4.78, 5) is 24.2. The van der Waals surface area contributed by atoms with E-state index in [0.717, 1.165) is 5.56 Å². The van der Waals surface area contributed by atoms with Gasteiger partial charge in [-0.05, 0) is 36.8 Å². The summed E-state index contributed by atoms with van der Waals surface area (Å²) in [6.45, 7) is 5.22. The van der Waals surface area contributed by atoms with Crippen molar-refractivity contribution < 1.29 is 14.3 Å². The lowest BCUT2D eigenvalue weighted by Gasteiger charge is -2.21. The van der Waals surface area contributed by atoms with Crippen molar-refractivity contribution in [2.24, 2.45) is 0 Å². The van der Waals surface area contributed by atoms with Gasteiger partial charge in [-0.1, -0.05) is 30.3 Å². The number of tetrazole rings is 1. The molecule has 8 heteroatoms. The molecule has 0 saturated heterocycles. The average molecular weight is 331 g/mol. The summed E-state index contributed by atoms with van der Waals surface area (Å²) < 4.78 is 6.47. The van der Waals surface area contributed by atoms with Gasteiger partial charge in [0.15, 0.2) is 12.6 Å². The molecule has 0 spiro atoms. The summed E-state index contributed by atoms with van der Waals surface area (Å²) in [7, 11) is 0. The first-order valence-corrected chi connectivity index (χ1v) is 7.59. The van der Waals surface area contributed by atoms with Crippen LogP contribution in [-0.4, -0.2) is 44.2 Å². The van der Waals surface area contributed by atoms with E-state index in [0.29, 0.717) is 6.42 Å². The summed E-state index contributed by atoms with van der Waals surface area (Å²) in [6, 6.07) is 8.73. The van der Waals surface area contributed by atoms with E-state index in [-0.39, 0.29) is 18.1 Å². The molecule has 2 aromatic rings. The minimum Gasteiger partial charge on any atom is -0.454 e. The van der Waals surface area contributed by atoms with E-state index >= 15 is 0 Å². The minimum atomic E-state index is -0.732. The number of benzene rings is 1. The van der Waals surface area contributed by atoms with E-state index in [9.17, 15) is 9.59 Å². The summed E-state index contributed by atoms with van der Waals surface area (Å²) in [5, 5.41) is 13.6. The zero-order valence-corrected chi connectivity index (χ0v) is 14.0. The van der Waals surface area contributed by atoms with E-state index in [1.54, 1.807) is 0 Å². The minimum absolute atomic E-state index is 0.344. The number of amides is 1. The SMILES string of the molecule is CC(C)(C)NC(=O)COC(=O)[C@@H](Cc1ccccc1)n1cnnn1. The molecule has 1 heterocycles. The Hall–Kier alpha value is -2.77. The fraction of sp³-hybridized carbons (Fsp3) is 0.438. The van der Waals surface area contributed by atoms with Gasteiger partial charge in [0.1, 0.15) is 6.33 Å². The molecule has 0 unspecified atom stereocenters. The molecule has 0 radical (unpaired) electrons. The van der Waals surface area contributed by atoms with Gasteiger partial charge in [0.05, 0.1) is 0 Å². The highest BCUT2D eigenvalue weighted by Gasteiger charge is 2.25. The van der Waals surface area contributed by atoms with Crippen molar-refractivity contribution in [2.75, 3.05) is 6.61 Å². The van der Waals surface area contributed by atoms with Crippen LogP contribution in [0.2, 0.25) is 0 Å². The average Bonchev–Trinajstić information content (AvgIpc) is 3.04. The molecule has 1 amide bonds. The fourth-order valence-electron chi connectivity index (χ4n) is 2.12. The zero-order valence-electron chi connectivity index (χ0n) is 14.0. The molecular weight excluding hydrogens is 310 g/mol. The van der Waals surface area contributed by atoms with Gasteiger partial charge in [-0.15, -0.1) is 5.10 Å². The monoisotopic (exact) mass is 331 g/mol. The number of aromatic nitrogens is 4.